The first-order valence-electron chi connectivity index (χ1n) is 4.79. The van der Waals surface area contributed by atoms with Crippen molar-refractivity contribution in [1.29, 1.82) is 0 Å². The van der Waals surface area contributed by atoms with E-state index >= 15 is 0 Å². The maximum Gasteiger partial charge on any atom is 0.169 e. The molecule has 0 bridgehead atoms. The minimum absolute atomic E-state index is 0.0715. The van der Waals surface area contributed by atoms with Gasteiger partial charge in [-0.15, -0.1) is 0 Å². The number of nitrogens with one attached hydrogen (secondary N) is 1. The molecule has 1 aliphatic heterocycles. The third kappa shape index (κ3) is 1.65. The molecule has 2 rings (SSSR count). The van der Waals surface area contributed by atoms with Crippen LogP contribution in [0.3, 0.4) is 0 Å². The Bertz CT molecular complexity index is 321. The summed E-state index contributed by atoms with van der Waals surface area (Å²) in [6, 6.07) is 0. The van der Waals surface area contributed by atoms with Gasteiger partial charge in [-0.25, -0.2) is 9.97 Å². The zero-order chi connectivity index (χ0) is 9.97. The van der Waals surface area contributed by atoms with Crippen LogP contribution in [-0.2, 0) is 0 Å². The molecule has 0 radical (unpaired) electrons. The van der Waals surface area contributed by atoms with E-state index in [0.29, 0.717) is 11.5 Å². The van der Waals surface area contributed by atoms with Gasteiger partial charge >= 0.3 is 0 Å². The molecule has 14 heavy (non-hydrogen) atoms. The van der Waals surface area contributed by atoms with E-state index in [9.17, 15) is 4.79 Å². The molecule has 1 aromatic heterocycles. The van der Waals surface area contributed by atoms with Gasteiger partial charge < -0.3 is 5.32 Å². The molecule has 1 unspecified atom stereocenters. The van der Waals surface area contributed by atoms with Crippen LogP contribution in [0.5, 0.6) is 0 Å². The molecule has 1 aromatic rings. The van der Waals surface area contributed by atoms with Crippen LogP contribution in [0.4, 0.5) is 0 Å². The van der Waals surface area contributed by atoms with Crippen molar-refractivity contribution < 1.29 is 4.79 Å². The number of hydrogen-bond donors (Lipinski definition) is 1. The lowest BCUT2D eigenvalue weighted by Crippen LogP contribution is -2.47. The average Bonchev–Trinajstić information content (AvgIpc) is 2.15. The fraction of sp³-hybridized carbons (Fsp3) is 0.500. The van der Waals surface area contributed by atoms with Crippen molar-refractivity contribution in [3.05, 3.63) is 24.3 Å². The molecule has 74 valence electrons. The molecule has 4 heteroatoms. The normalized spacial score (nSPS) is 18.6. The number of carbonyl (C=O) groups excluding carboxylic acids is 1. The molecule has 0 amide bonds. The summed E-state index contributed by atoms with van der Waals surface area (Å²) in [5, 5.41) is 3.16. The van der Waals surface area contributed by atoms with E-state index in [4.69, 9.17) is 0 Å². The average molecular weight is 191 g/mol. The zero-order valence-corrected chi connectivity index (χ0v) is 8.10. The Kier molecular flexibility index (Phi) is 2.54. The topological polar surface area (TPSA) is 54.9 Å². The molecule has 0 aliphatic carbocycles. The van der Waals surface area contributed by atoms with Crippen molar-refractivity contribution in [3.8, 4) is 0 Å². The maximum atomic E-state index is 11.9. The minimum Gasteiger partial charge on any atom is -0.316 e. The molecule has 0 saturated carbocycles. The Morgan fingerprint density at radius 2 is 2.14 bits per heavy atom. The van der Waals surface area contributed by atoms with Crippen LogP contribution in [0.15, 0.2) is 18.7 Å². The second-order valence-electron chi connectivity index (χ2n) is 3.70. The number of Topliss-reactive ketones (excluding diaryl/α,β-unsaturated/α-hetero) is 1. The van der Waals surface area contributed by atoms with Crippen LogP contribution >= 0.6 is 0 Å². The molecule has 4 nitrogen and oxygen atoms in total. The molecule has 1 atom stereocenters. The predicted octanol–water partition coefficient (Wildman–Crippen LogP) is 0.515. The second kappa shape index (κ2) is 3.84. The SMILES string of the molecule is CC(C(=O)c1cncnc1)C1CNC1. The summed E-state index contributed by atoms with van der Waals surface area (Å²) in [5.41, 5.74) is 0.617. The van der Waals surface area contributed by atoms with Gasteiger partial charge in [-0.3, -0.25) is 4.79 Å². The van der Waals surface area contributed by atoms with Gasteiger partial charge in [0.05, 0.1) is 5.56 Å². The van der Waals surface area contributed by atoms with Gasteiger partial charge in [0, 0.05) is 18.3 Å². The van der Waals surface area contributed by atoms with Gasteiger partial charge in [0.2, 0.25) is 0 Å². The van der Waals surface area contributed by atoms with Gasteiger partial charge in [-0.2, -0.15) is 0 Å². The van der Waals surface area contributed by atoms with Gasteiger partial charge in [0.25, 0.3) is 0 Å². The maximum absolute atomic E-state index is 11.9. The van der Waals surface area contributed by atoms with E-state index in [-0.39, 0.29) is 11.7 Å². The predicted molar refractivity (Wildman–Crippen MR) is 51.9 cm³/mol. The van der Waals surface area contributed by atoms with Crippen molar-refractivity contribution in [1.82, 2.24) is 15.3 Å². The van der Waals surface area contributed by atoms with E-state index in [1.165, 1.54) is 6.33 Å². The van der Waals surface area contributed by atoms with E-state index in [2.05, 4.69) is 15.3 Å². The van der Waals surface area contributed by atoms with Crippen molar-refractivity contribution in [2.45, 2.75) is 6.92 Å². The minimum atomic E-state index is 0.0715. The molecule has 1 saturated heterocycles. The highest BCUT2D eigenvalue weighted by molar-refractivity contribution is 5.97. The molecule has 0 spiro atoms. The van der Waals surface area contributed by atoms with E-state index in [0.717, 1.165) is 13.1 Å². The van der Waals surface area contributed by atoms with Crippen molar-refractivity contribution in [2.24, 2.45) is 11.8 Å². The second-order valence-corrected chi connectivity index (χ2v) is 3.70. The van der Waals surface area contributed by atoms with Gasteiger partial charge in [-0.1, -0.05) is 6.92 Å². The number of carbonyl (C=O) groups is 1. The number of nitrogens with zero attached hydrogens (tertiary/aromatic N) is 2. The Hall–Kier alpha value is -1.29. The third-order valence-corrected chi connectivity index (χ3v) is 2.78. The Morgan fingerprint density at radius 3 is 2.64 bits per heavy atom. The fourth-order valence-corrected chi connectivity index (χ4v) is 1.57. The quantitative estimate of drug-likeness (QED) is 0.707. The summed E-state index contributed by atoms with van der Waals surface area (Å²) in [6.07, 6.45) is 4.60. The van der Waals surface area contributed by atoms with Crippen molar-refractivity contribution >= 4 is 5.78 Å². The molecule has 1 fully saturated rings. The van der Waals surface area contributed by atoms with E-state index in [1.54, 1.807) is 12.4 Å². The van der Waals surface area contributed by atoms with E-state index in [1.807, 2.05) is 6.92 Å². The van der Waals surface area contributed by atoms with Crippen LogP contribution in [0.25, 0.3) is 0 Å². The third-order valence-electron chi connectivity index (χ3n) is 2.78. The fourth-order valence-electron chi connectivity index (χ4n) is 1.57. The summed E-state index contributed by atoms with van der Waals surface area (Å²) >= 11 is 0. The summed E-state index contributed by atoms with van der Waals surface area (Å²) in [4.78, 5) is 19.6. The summed E-state index contributed by atoms with van der Waals surface area (Å²) in [7, 11) is 0. The first-order chi connectivity index (χ1) is 6.79. The lowest BCUT2D eigenvalue weighted by atomic mass is 9.84. The summed E-state index contributed by atoms with van der Waals surface area (Å²) in [6.45, 7) is 3.86. The first-order valence-corrected chi connectivity index (χ1v) is 4.79. The number of aromatic nitrogens is 2. The Labute approximate surface area is 82.8 Å². The van der Waals surface area contributed by atoms with Crippen molar-refractivity contribution in [2.75, 3.05) is 13.1 Å². The Morgan fingerprint density at radius 1 is 1.50 bits per heavy atom. The van der Waals surface area contributed by atoms with Gasteiger partial charge in [-0.05, 0) is 19.0 Å². The highest BCUT2D eigenvalue weighted by atomic mass is 16.1. The molecular formula is C10H13N3O. The molecule has 0 aromatic carbocycles. The molecule has 1 aliphatic rings. The van der Waals surface area contributed by atoms with Gasteiger partial charge in [0.15, 0.2) is 5.78 Å². The van der Waals surface area contributed by atoms with Crippen LogP contribution in [0.1, 0.15) is 17.3 Å². The van der Waals surface area contributed by atoms with E-state index < -0.39 is 0 Å². The smallest absolute Gasteiger partial charge is 0.169 e. The van der Waals surface area contributed by atoms with Crippen LogP contribution in [0.2, 0.25) is 0 Å². The lowest BCUT2D eigenvalue weighted by Gasteiger charge is -2.31. The van der Waals surface area contributed by atoms with Crippen LogP contribution < -0.4 is 5.32 Å². The highest BCUT2D eigenvalue weighted by Crippen LogP contribution is 2.19. The standard InChI is InChI=1S/C10H13N3O/c1-7(8-2-11-3-8)10(14)9-4-12-6-13-5-9/h4-8,11H,2-3H2,1H3. The molecular weight excluding hydrogens is 178 g/mol. The number of ketones is 1. The zero-order valence-electron chi connectivity index (χ0n) is 8.10. The molecule has 2 heterocycles. The monoisotopic (exact) mass is 191 g/mol. The van der Waals surface area contributed by atoms with Crippen molar-refractivity contribution in [3.63, 3.8) is 0 Å². The van der Waals surface area contributed by atoms with Crippen LogP contribution in [0, 0.1) is 11.8 Å². The molecule has 1 N–H and O–H groups in total. The van der Waals surface area contributed by atoms with Gasteiger partial charge in [0.1, 0.15) is 6.33 Å². The number of hydrogen-bond acceptors (Lipinski definition) is 4. The first kappa shape index (κ1) is 9.27. The lowest BCUT2D eigenvalue weighted by molar-refractivity contribution is 0.0853. The summed E-state index contributed by atoms with van der Waals surface area (Å²) < 4.78 is 0. The van der Waals surface area contributed by atoms with Crippen LogP contribution in [-0.4, -0.2) is 28.8 Å². The largest absolute Gasteiger partial charge is 0.316 e. The number of rotatable bonds is 3. The highest BCUT2D eigenvalue weighted by Gasteiger charge is 2.29. The summed E-state index contributed by atoms with van der Waals surface area (Å²) in [5.74, 6) is 0.696. The Balaban J connectivity index is 2.07.